The summed E-state index contributed by atoms with van der Waals surface area (Å²) in [5.41, 5.74) is 0.223. The fourth-order valence-corrected chi connectivity index (χ4v) is 5.04. The fourth-order valence-electron chi connectivity index (χ4n) is 5.04. The van der Waals surface area contributed by atoms with Crippen LogP contribution < -0.4 is 5.32 Å². The van der Waals surface area contributed by atoms with E-state index in [1.165, 1.54) is 6.42 Å². The summed E-state index contributed by atoms with van der Waals surface area (Å²) < 4.78 is 0. The molecule has 1 N–H and O–H groups in total. The number of piperidine rings is 2. The third-order valence-electron chi connectivity index (χ3n) is 7.34. The number of nitrogens with one attached hydrogen (secondary N) is 1. The molecule has 0 aromatic heterocycles. The van der Waals surface area contributed by atoms with Gasteiger partial charge in [-0.3, -0.25) is 19.3 Å². The molecule has 0 radical (unpaired) electrons. The number of nitrogens with zero attached hydrogens (tertiary/aromatic N) is 3. The van der Waals surface area contributed by atoms with Gasteiger partial charge in [-0.2, -0.15) is 0 Å². The first-order valence-electron chi connectivity index (χ1n) is 13.1. The van der Waals surface area contributed by atoms with Crippen molar-refractivity contribution >= 4 is 17.7 Å². The van der Waals surface area contributed by atoms with Crippen molar-refractivity contribution in [1.29, 1.82) is 0 Å². The third kappa shape index (κ3) is 7.30. The first-order chi connectivity index (χ1) is 15.8. The number of carbonyl (C=O) groups is 3. The van der Waals surface area contributed by atoms with Crippen LogP contribution >= 0.6 is 0 Å². The lowest BCUT2D eigenvalue weighted by Gasteiger charge is -2.40. The summed E-state index contributed by atoms with van der Waals surface area (Å²) in [5.74, 6) is -0.136. The van der Waals surface area contributed by atoms with Crippen LogP contribution in [0.5, 0.6) is 0 Å². The van der Waals surface area contributed by atoms with Gasteiger partial charge >= 0.3 is 0 Å². The summed E-state index contributed by atoms with van der Waals surface area (Å²) in [6.07, 6.45) is 8.10. The molecule has 0 aliphatic carbocycles. The minimum absolute atomic E-state index is 0.0548. The van der Waals surface area contributed by atoms with E-state index in [0.29, 0.717) is 5.57 Å². The predicted octanol–water partition coefficient (Wildman–Crippen LogP) is 3.59. The van der Waals surface area contributed by atoms with Crippen molar-refractivity contribution in [3.8, 4) is 0 Å². The van der Waals surface area contributed by atoms with E-state index in [9.17, 15) is 14.4 Å². The topological polar surface area (TPSA) is 73.0 Å². The molecule has 2 aliphatic heterocycles. The summed E-state index contributed by atoms with van der Waals surface area (Å²) in [5, 5.41) is 3.11. The van der Waals surface area contributed by atoms with Crippen LogP contribution in [0.3, 0.4) is 0 Å². The molecule has 7 heteroatoms. The minimum atomic E-state index is -0.644. The molecule has 0 bridgehead atoms. The highest BCUT2D eigenvalue weighted by Crippen LogP contribution is 2.25. The molecule has 0 spiro atoms. The quantitative estimate of drug-likeness (QED) is 0.570. The molecule has 7 nitrogen and oxygen atoms in total. The number of rotatable bonds is 7. The molecule has 194 valence electrons. The Bertz CT molecular complexity index is 749. The van der Waals surface area contributed by atoms with Crippen molar-refractivity contribution in [2.75, 3.05) is 26.7 Å². The molecule has 0 saturated carbocycles. The van der Waals surface area contributed by atoms with Crippen LogP contribution in [0.1, 0.15) is 87.0 Å². The predicted molar refractivity (Wildman–Crippen MR) is 137 cm³/mol. The SMILES string of the molecule is C/C(=C\C(C)N(C)C(=O)C(NC(=O)C1CCCCN1C(C)C)C(C)(C)C)C(=O)N1CCCCC1. The average Bonchev–Trinajstić information content (AvgIpc) is 2.80. The number of likely N-dealkylation sites (tertiary alicyclic amines) is 2. The van der Waals surface area contributed by atoms with Crippen molar-refractivity contribution in [1.82, 2.24) is 20.0 Å². The smallest absolute Gasteiger partial charge is 0.249 e. The van der Waals surface area contributed by atoms with E-state index in [4.69, 9.17) is 0 Å². The molecular weight excluding hydrogens is 428 g/mol. The lowest BCUT2D eigenvalue weighted by Crippen LogP contribution is -2.60. The molecule has 3 atom stereocenters. The monoisotopic (exact) mass is 476 g/mol. The Morgan fingerprint density at radius 1 is 0.971 bits per heavy atom. The second-order valence-electron chi connectivity index (χ2n) is 11.5. The summed E-state index contributed by atoms with van der Waals surface area (Å²) in [6.45, 7) is 16.5. The van der Waals surface area contributed by atoms with Gasteiger partial charge in [-0.25, -0.2) is 0 Å². The van der Waals surface area contributed by atoms with Gasteiger partial charge in [-0.1, -0.05) is 33.3 Å². The van der Waals surface area contributed by atoms with Crippen molar-refractivity contribution in [3.63, 3.8) is 0 Å². The number of carbonyl (C=O) groups excluding carboxylic acids is 3. The lowest BCUT2D eigenvalue weighted by atomic mass is 9.85. The van der Waals surface area contributed by atoms with Gasteiger partial charge in [-0.05, 0) is 71.8 Å². The molecule has 3 amide bonds. The van der Waals surface area contributed by atoms with E-state index in [1.807, 2.05) is 45.6 Å². The standard InChI is InChI=1S/C27H48N4O3/c1-19(2)31-17-13-10-14-22(31)24(32)28-23(27(5,6)7)26(34)29(8)21(4)18-20(3)25(33)30-15-11-9-12-16-30/h18-19,21-23H,9-17H2,1-8H3,(H,28,32)/b20-18+. The van der Waals surface area contributed by atoms with Gasteiger partial charge in [0.1, 0.15) is 6.04 Å². The molecular formula is C27H48N4O3. The molecule has 2 heterocycles. The van der Waals surface area contributed by atoms with E-state index in [1.54, 1.807) is 11.9 Å². The van der Waals surface area contributed by atoms with E-state index in [-0.39, 0.29) is 35.8 Å². The highest BCUT2D eigenvalue weighted by molar-refractivity contribution is 5.93. The maximum Gasteiger partial charge on any atom is 0.249 e. The average molecular weight is 477 g/mol. The van der Waals surface area contributed by atoms with Crippen molar-refractivity contribution in [3.05, 3.63) is 11.6 Å². The Morgan fingerprint density at radius 3 is 2.12 bits per heavy atom. The summed E-state index contributed by atoms with van der Waals surface area (Å²) in [6, 6.07) is -0.814. The van der Waals surface area contributed by atoms with Crippen LogP contribution in [-0.4, -0.2) is 83.3 Å². The Balaban J connectivity index is 2.12. The Kier molecular flexibility index (Phi) is 10.2. The van der Waals surface area contributed by atoms with Crippen molar-refractivity contribution in [2.24, 2.45) is 5.41 Å². The Morgan fingerprint density at radius 2 is 1.56 bits per heavy atom. The maximum atomic E-state index is 13.6. The van der Waals surface area contributed by atoms with Gasteiger partial charge in [0.25, 0.3) is 0 Å². The molecule has 2 saturated heterocycles. The Labute approximate surface area is 207 Å². The van der Waals surface area contributed by atoms with E-state index < -0.39 is 11.5 Å². The van der Waals surface area contributed by atoms with Crippen LogP contribution in [0.25, 0.3) is 0 Å². The van der Waals surface area contributed by atoms with Crippen LogP contribution in [-0.2, 0) is 14.4 Å². The number of likely N-dealkylation sites (N-methyl/N-ethyl adjacent to an activating group) is 1. The van der Waals surface area contributed by atoms with Crippen molar-refractivity contribution in [2.45, 2.75) is 111 Å². The molecule has 0 aromatic rings. The van der Waals surface area contributed by atoms with Crippen LogP contribution in [0.4, 0.5) is 0 Å². The second kappa shape index (κ2) is 12.2. The van der Waals surface area contributed by atoms with Crippen molar-refractivity contribution < 1.29 is 14.4 Å². The highest BCUT2D eigenvalue weighted by atomic mass is 16.2. The Hall–Kier alpha value is -1.89. The molecule has 2 fully saturated rings. The van der Waals surface area contributed by atoms with Gasteiger partial charge in [0.2, 0.25) is 17.7 Å². The van der Waals surface area contributed by atoms with Gasteiger partial charge in [-0.15, -0.1) is 0 Å². The maximum absolute atomic E-state index is 13.6. The van der Waals surface area contributed by atoms with Crippen LogP contribution in [0.15, 0.2) is 11.6 Å². The normalized spacial score (nSPS) is 22.3. The molecule has 2 aliphatic rings. The zero-order valence-electron chi connectivity index (χ0n) is 22.8. The first-order valence-corrected chi connectivity index (χ1v) is 13.1. The van der Waals surface area contributed by atoms with Gasteiger partial charge in [0.05, 0.1) is 6.04 Å². The number of hydrogen-bond acceptors (Lipinski definition) is 4. The number of amides is 3. The summed E-state index contributed by atoms with van der Waals surface area (Å²) in [7, 11) is 1.76. The summed E-state index contributed by atoms with van der Waals surface area (Å²) in [4.78, 5) is 45.5. The molecule has 34 heavy (non-hydrogen) atoms. The van der Waals surface area contributed by atoms with Gasteiger partial charge in [0.15, 0.2) is 0 Å². The van der Waals surface area contributed by atoms with Gasteiger partial charge < -0.3 is 15.1 Å². The molecule has 2 rings (SSSR count). The van der Waals surface area contributed by atoms with Crippen LogP contribution in [0, 0.1) is 5.41 Å². The first kappa shape index (κ1) is 28.3. The van der Waals surface area contributed by atoms with Gasteiger partial charge in [0, 0.05) is 37.8 Å². The largest absolute Gasteiger partial charge is 0.342 e. The van der Waals surface area contributed by atoms with E-state index in [0.717, 1.165) is 51.7 Å². The number of hydrogen-bond donors (Lipinski definition) is 1. The molecule has 0 aromatic carbocycles. The zero-order valence-corrected chi connectivity index (χ0v) is 22.8. The van der Waals surface area contributed by atoms with E-state index >= 15 is 0 Å². The summed E-state index contributed by atoms with van der Waals surface area (Å²) >= 11 is 0. The highest BCUT2D eigenvalue weighted by Gasteiger charge is 2.39. The third-order valence-corrected chi connectivity index (χ3v) is 7.34. The minimum Gasteiger partial charge on any atom is -0.342 e. The van der Waals surface area contributed by atoms with Crippen LogP contribution in [0.2, 0.25) is 0 Å². The second-order valence-corrected chi connectivity index (χ2v) is 11.5. The molecule has 3 unspecified atom stereocenters. The zero-order chi connectivity index (χ0) is 25.6. The van der Waals surface area contributed by atoms with E-state index in [2.05, 4.69) is 24.1 Å². The fraction of sp³-hybridized carbons (Fsp3) is 0.815. The lowest BCUT2D eigenvalue weighted by molar-refractivity contribution is -0.141.